The predicted octanol–water partition coefficient (Wildman–Crippen LogP) is 2.48. The fraction of sp³-hybridized carbons (Fsp3) is 0.333. The lowest BCUT2D eigenvalue weighted by Gasteiger charge is -2.22. The van der Waals surface area contributed by atoms with E-state index in [2.05, 4.69) is 11.3 Å². The van der Waals surface area contributed by atoms with E-state index in [-0.39, 0.29) is 30.5 Å². The SMILES string of the molecule is C=CC1C=CC(C(=O)CC2=CC(C(=O)OC=O)C(C)C=C2)=CC1C(=O)OC. The number of allylic oxidation sites excluding steroid dienone is 7. The van der Waals surface area contributed by atoms with E-state index in [1.54, 1.807) is 42.5 Å². The quantitative estimate of drug-likeness (QED) is 0.296. The second kappa shape index (κ2) is 9.07. The summed E-state index contributed by atoms with van der Waals surface area (Å²) in [7, 11) is 1.30. The number of ether oxygens (including phenoxy) is 2. The number of esters is 2. The minimum Gasteiger partial charge on any atom is -0.469 e. The Morgan fingerprint density at radius 1 is 1.11 bits per heavy atom. The molecule has 0 radical (unpaired) electrons. The molecule has 0 aromatic carbocycles. The van der Waals surface area contributed by atoms with E-state index in [9.17, 15) is 19.2 Å². The van der Waals surface area contributed by atoms with Crippen molar-refractivity contribution in [3.8, 4) is 0 Å². The summed E-state index contributed by atoms with van der Waals surface area (Å²) in [6.45, 7) is 5.63. The molecule has 0 N–H and O–H groups in total. The van der Waals surface area contributed by atoms with Crippen LogP contribution in [-0.4, -0.2) is 31.3 Å². The van der Waals surface area contributed by atoms with Gasteiger partial charge >= 0.3 is 18.4 Å². The van der Waals surface area contributed by atoms with Gasteiger partial charge in [-0.3, -0.25) is 19.2 Å². The van der Waals surface area contributed by atoms with E-state index in [0.717, 1.165) is 0 Å². The molecule has 6 heteroatoms. The van der Waals surface area contributed by atoms with Crippen LogP contribution in [0.1, 0.15) is 13.3 Å². The average molecular weight is 370 g/mol. The van der Waals surface area contributed by atoms with E-state index in [1.165, 1.54) is 7.11 Å². The first-order valence-corrected chi connectivity index (χ1v) is 8.58. The van der Waals surface area contributed by atoms with Gasteiger partial charge in [0.2, 0.25) is 0 Å². The summed E-state index contributed by atoms with van der Waals surface area (Å²) in [6.07, 6.45) is 11.9. The van der Waals surface area contributed by atoms with Crippen LogP contribution in [0, 0.1) is 23.7 Å². The molecule has 27 heavy (non-hydrogen) atoms. The van der Waals surface area contributed by atoms with Crippen LogP contribution in [0.3, 0.4) is 0 Å². The minimum absolute atomic E-state index is 0.0664. The molecule has 0 fully saturated rings. The number of methoxy groups -OCH3 is 1. The van der Waals surface area contributed by atoms with Crippen LogP contribution < -0.4 is 0 Å². The molecule has 0 aromatic rings. The Kier molecular flexibility index (Phi) is 6.82. The van der Waals surface area contributed by atoms with Crippen molar-refractivity contribution in [1.29, 1.82) is 0 Å². The van der Waals surface area contributed by atoms with Crippen LogP contribution in [0.5, 0.6) is 0 Å². The molecule has 0 spiro atoms. The van der Waals surface area contributed by atoms with Gasteiger partial charge in [-0.1, -0.05) is 49.5 Å². The van der Waals surface area contributed by atoms with Gasteiger partial charge in [-0.15, -0.1) is 6.58 Å². The molecule has 0 aliphatic heterocycles. The van der Waals surface area contributed by atoms with E-state index in [0.29, 0.717) is 11.1 Å². The molecule has 2 rings (SSSR count). The maximum Gasteiger partial charge on any atom is 0.320 e. The molecule has 142 valence electrons. The Morgan fingerprint density at radius 2 is 1.85 bits per heavy atom. The Balaban J connectivity index is 2.16. The fourth-order valence-corrected chi connectivity index (χ4v) is 3.11. The molecule has 0 aromatic heterocycles. The molecule has 0 bridgehead atoms. The zero-order valence-corrected chi connectivity index (χ0v) is 15.3. The minimum atomic E-state index is -0.650. The molecule has 0 amide bonds. The number of ketones is 1. The van der Waals surface area contributed by atoms with E-state index in [1.807, 2.05) is 6.92 Å². The van der Waals surface area contributed by atoms with Crippen LogP contribution in [0.2, 0.25) is 0 Å². The standard InChI is InChI=1S/C21H22O6/c1-4-15-7-8-16(11-18(15)20(24)26-3)19(23)10-14-6-5-13(2)17(9-14)21(25)27-12-22/h4-9,11-13,15,17-18H,1,10H2,2-3H3. The maximum atomic E-state index is 12.7. The Bertz CT molecular complexity index is 768. The number of Topliss-reactive ketones (excluding diaryl/α,β-unsaturated/α-hetero) is 1. The third-order valence-corrected chi connectivity index (χ3v) is 4.71. The third-order valence-electron chi connectivity index (χ3n) is 4.71. The first-order chi connectivity index (χ1) is 12.9. The highest BCUT2D eigenvalue weighted by atomic mass is 16.6. The Morgan fingerprint density at radius 3 is 2.48 bits per heavy atom. The summed E-state index contributed by atoms with van der Waals surface area (Å²) in [4.78, 5) is 46.9. The summed E-state index contributed by atoms with van der Waals surface area (Å²) in [5.74, 6) is -2.85. The van der Waals surface area contributed by atoms with Gasteiger partial charge in [-0.05, 0) is 11.5 Å². The zero-order chi connectivity index (χ0) is 20.0. The lowest BCUT2D eigenvalue weighted by Crippen LogP contribution is -2.25. The molecule has 0 saturated heterocycles. The zero-order valence-electron chi connectivity index (χ0n) is 15.3. The van der Waals surface area contributed by atoms with Crippen molar-refractivity contribution >= 4 is 24.2 Å². The van der Waals surface area contributed by atoms with Gasteiger partial charge in [0.25, 0.3) is 0 Å². The summed E-state index contributed by atoms with van der Waals surface area (Å²) >= 11 is 0. The summed E-state index contributed by atoms with van der Waals surface area (Å²) in [5, 5.41) is 0. The Hall–Kier alpha value is -3.02. The van der Waals surface area contributed by atoms with Crippen LogP contribution in [0.4, 0.5) is 0 Å². The van der Waals surface area contributed by atoms with Gasteiger partial charge < -0.3 is 9.47 Å². The monoisotopic (exact) mass is 370 g/mol. The van der Waals surface area contributed by atoms with Gasteiger partial charge in [-0.25, -0.2) is 0 Å². The van der Waals surface area contributed by atoms with Gasteiger partial charge in [0.05, 0.1) is 18.9 Å². The molecular formula is C21H22O6. The topological polar surface area (TPSA) is 86.7 Å². The first-order valence-electron chi connectivity index (χ1n) is 8.58. The molecule has 0 heterocycles. The molecular weight excluding hydrogens is 348 g/mol. The molecule has 4 atom stereocenters. The fourth-order valence-electron chi connectivity index (χ4n) is 3.11. The van der Waals surface area contributed by atoms with Gasteiger partial charge in [0.1, 0.15) is 0 Å². The van der Waals surface area contributed by atoms with Gasteiger partial charge in [-0.2, -0.15) is 0 Å². The highest BCUT2D eigenvalue weighted by molar-refractivity contribution is 6.01. The van der Waals surface area contributed by atoms with Crippen molar-refractivity contribution in [2.45, 2.75) is 13.3 Å². The molecule has 2 aliphatic rings. The van der Waals surface area contributed by atoms with Crippen LogP contribution in [0.15, 0.2) is 60.3 Å². The number of rotatable bonds is 7. The lowest BCUT2D eigenvalue weighted by atomic mass is 9.82. The normalized spacial score (nSPS) is 26.4. The number of carbonyl (C=O) groups excluding carboxylic acids is 4. The van der Waals surface area contributed by atoms with Crippen molar-refractivity contribution in [3.63, 3.8) is 0 Å². The maximum absolute atomic E-state index is 12.7. The third kappa shape index (κ3) is 4.78. The van der Waals surface area contributed by atoms with Gasteiger partial charge in [0.15, 0.2) is 5.78 Å². The number of hydrogen-bond acceptors (Lipinski definition) is 6. The highest BCUT2D eigenvalue weighted by Crippen LogP contribution is 2.29. The highest BCUT2D eigenvalue weighted by Gasteiger charge is 2.29. The van der Waals surface area contributed by atoms with E-state index >= 15 is 0 Å². The molecule has 4 unspecified atom stereocenters. The van der Waals surface area contributed by atoms with Crippen molar-refractivity contribution in [2.75, 3.05) is 7.11 Å². The number of carbonyl (C=O) groups is 4. The molecule has 2 aliphatic carbocycles. The molecule has 0 saturated carbocycles. The van der Waals surface area contributed by atoms with Crippen molar-refractivity contribution in [3.05, 3.63) is 60.3 Å². The van der Waals surface area contributed by atoms with Crippen molar-refractivity contribution in [2.24, 2.45) is 23.7 Å². The first kappa shape index (κ1) is 20.3. The number of hydrogen-bond donors (Lipinski definition) is 0. The van der Waals surface area contributed by atoms with Crippen molar-refractivity contribution in [1.82, 2.24) is 0 Å². The van der Waals surface area contributed by atoms with Crippen molar-refractivity contribution < 1.29 is 28.7 Å². The van der Waals surface area contributed by atoms with E-state index < -0.39 is 23.8 Å². The summed E-state index contributed by atoms with van der Waals surface area (Å²) < 4.78 is 9.23. The average Bonchev–Trinajstić information content (AvgIpc) is 2.68. The van der Waals surface area contributed by atoms with Crippen LogP contribution >= 0.6 is 0 Å². The molecule has 6 nitrogen and oxygen atoms in total. The second-order valence-electron chi connectivity index (χ2n) is 6.46. The van der Waals surface area contributed by atoms with Gasteiger partial charge in [0, 0.05) is 17.9 Å². The van der Waals surface area contributed by atoms with Crippen LogP contribution in [-0.2, 0) is 28.7 Å². The lowest BCUT2D eigenvalue weighted by molar-refractivity contribution is -0.154. The van der Waals surface area contributed by atoms with E-state index in [4.69, 9.17) is 4.74 Å². The predicted molar refractivity (Wildman–Crippen MR) is 98.1 cm³/mol. The Labute approximate surface area is 157 Å². The largest absolute Gasteiger partial charge is 0.469 e. The summed E-state index contributed by atoms with van der Waals surface area (Å²) in [6, 6.07) is 0. The smallest absolute Gasteiger partial charge is 0.320 e. The van der Waals surface area contributed by atoms with Crippen LogP contribution in [0.25, 0.3) is 0 Å². The summed E-state index contributed by atoms with van der Waals surface area (Å²) in [5.41, 5.74) is 1.06. The second-order valence-corrected chi connectivity index (χ2v) is 6.46.